The fourth-order valence-corrected chi connectivity index (χ4v) is 2.67. The minimum Gasteiger partial charge on any atom is -0.370 e. The third-order valence-electron chi connectivity index (χ3n) is 4.05. The molecule has 1 aliphatic rings. The van der Waals surface area contributed by atoms with Crippen LogP contribution in [0.2, 0.25) is 5.02 Å². The average Bonchev–Trinajstić information content (AvgIpc) is 2.86. The molecule has 138 valence electrons. The van der Waals surface area contributed by atoms with Crippen molar-refractivity contribution >= 4 is 47.2 Å². The zero-order chi connectivity index (χ0) is 17.3. The predicted octanol–water partition coefficient (Wildman–Crippen LogP) is 3.22. The third kappa shape index (κ3) is 4.66. The van der Waals surface area contributed by atoms with Crippen LogP contribution in [0, 0.1) is 5.92 Å². The molecule has 3 N–H and O–H groups in total. The van der Waals surface area contributed by atoms with Crippen LogP contribution in [0.5, 0.6) is 0 Å². The summed E-state index contributed by atoms with van der Waals surface area (Å²) in [7, 11) is 0. The first-order valence-corrected chi connectivity index (χ1v) is 7.86. The van der Waals surface area contributed by atoms with Gasteiger partial charge in [0.2, 0.25) is 0 Å². The Labute approximate surface area is 164 Å². The van der Waals surface area contributed by atoms with Gasteiger partial charge in [-0.25, -0.2) is 4.99 Å². The largest absolute Gasteiger partial charge is 0.417 e. The van der Waals surface area contributed by atoms with Gasteiger partial charge in [-0.3, -0.25) is 4.40 Å². The van der Waals surface area contributed by atoms with Crippen LogP contribution in [0.3, 0.4) is 0 Å². The number of nitrogens with zero attached hydrogens (tertiary/aromatic N) is 4. The van der Waals surface area contributed by atoms with E-state index in [-0.39, 0.29) is 53.0 Å². The van der Waals surface area contributed by atoms with Gasteiger partial charge in [-0.1, -0.05) is 18.0 Å². The number of alkyl halides is 3. The summed E-state index contributed by atoms with van der Waals surface area (Å²) in [5.74, 6) is 1.07. The first-order valence-electron chi connectivity index (χ1n) is 7.48. The van der Waals surface area contributed by atoms with Crippen LogP contribution in [0.15, 0.2) is 17.3 Å². The van der Waals surface area contributed by atoms with Crippen molar-refractivity contribution < 1.29 is 13.2 Å². The smallest absolute Gasteiger partial charge is 0.370 e. The second-order valence-electron chi connectivity index (χ2n) is 5.76. The highest BCUT2D eigenvalue weighted by molar-refractivity contribution is 14.0. The molecule has 0 aromatic carbocycles. The van der Waals surface area contributed by atoms with E-state index in [2.05, 4.69) is 20.5 Å². The second kappa shape index (κ2) is 7.94. The summed E-state index contributed by atoms with van der Waals surface area (Å²) in [6.07, 6.45) is -0.0188. The van der Waals surface area contributed by atoms with Gasteiger partial charge in [-0.15, -0.1) is 34.2 Å². The number of halogens is 5. The van der Waals surface area contributed by atoms with Gasteiger partial charge < -0.3 is 11.1 Å². The van der Waals surface area contributed by atoms with Crippen LogP contribution in [0.25, 0.3) is 5.65 Å². The number of aliphatic imine (C=N–C) groups is 1. The van der Waals surface area contributed by atoms with Crippen LogP contribution in [0.4, 0.5) is 13.2 Å². The Morgan fingerprint density at radius 1 is 1.40 bits per heavy atom. The molecular weight excluding hydrogens is 472 g/mol. The van der Waals surface area contributed by atoms with E-state index >= 15 is 0 Å². The number of pyridine rings is 1. The normalized spacial score (nSPS) is 15.8. The van der Waals surface area contributed by atoms with Gasteiger partial charge in [0.15, 0.2) is 17.4 Å². The van der Waals surface area contributed by atoms with Crippen molar-refractivity contribution in [1.82, 2.24) is 19.9 Å². The monoisotopic (exact) mass is 488 g/mol. The topological polar surface area (TPSA) is 80.6 Å². The molecule has 6 nitrogen and oxygen atoms in total. The maximum atomic E-state index is 12.9. The van der Waals surface area contributed by atoms with E-state index in [1.165, 1.54) is 23.7 Å². The molecule has 11 heteroatoms. The lowest BCUT2D eigenvalue weighted by Crippen LogP contribution is -2.37. The van der Waals surface area contributed by atoms with Crippen molar-refractivity contribution in [3.8, 4) is 0 Å². The van der Waals surface area contributed by atoms with E-state index in [9.17, 15) is 13.2 Å². The maximum absolute atomic E-state index is 12.9. The van der Waals surface area contributed by atoms with Gasteiger partial charge in [-0.2, -0.15) is 13.2 Å². The summed E-state index contributed by atoms with van der Waals surface area (Å²) < 4.78 is 39.9. The summed E-state index contributed by atoms with van der Waals surface area (Å²) in [5, 5.41) is 10.5. The zero-order valence-electron chi connectivity index (χ0n) is 13.1. The quantitative estimate of drug-likeness (QED) is 0.393. The van der Waals surface area contributed by atoms with Crippen LogP contribution >= 0.6 is 35.6 Å². The highest BCUT2D eigenvalue weighted by Crippen LogP contribution is 2.32. The van der Waals surface area contributed by atoms with Crippen molar-refractivity contribution in [3.05, 3.63) is 28.7 Å². The molecule has 0 radical (unpaired) electrons. The van der Waals surface area contributed by atoms with Crippen LogP contribution in [-0.2, 0) is 12.7 Å². The molecule has 0 aliphatic heterocycles. The van der Waals surface area contributed by atoms with Crippen LogP contribution in [-0.4, -0.2) is 27.1 Å². The average molecular weight is 489 g/mol. The van der Waals surface area contributed by atoms with Gasteiger partial charge in [-0.05, 0) is 24.8 Å². The van der Waals surface area contributed by atoms with Gasteiger partial charge in [0.05, 0.1) is 10.6 Å². The van der Waals surface area contributed by atoms with E-state index in [4.69, 9.17) is 17.3 Å². The Hall–Kier alpha value is -1.30. The van der Waals surface area contributed by atoms with E-state index in [0.29, 0.717) is 5.92 Å². The lowest BCUT2D eigenvalue weighted by atomic mass is 9.85. The molecule has 2 aromatic rings. The molecule has 2 heterocycles. The Balaban J connectivity index is 0.00000225. The van der Waals surface area contributed by atoms with E-state index in [1.54, 1.807) is 0 Å². The number of nitrogens with two attached hydrogens (primary N) is 1. The zero-order valence-corrected chi connectivity index (χ0v) is 16.1. The second-order valence-corrected chi connectivity index (χ2v) is 6.17. The molecule has 0 unspecified atom stereocenters. The number of hydrogen-bond acceptors (Lipinski definition) is 3. The Kier molecular flexibility index (Phi) is 6.35. The first kappa shape index (κ1) is 20.0. The molecule has 1 aliphatic carbocycles. The van der Waals surface area contributed by atoms with Crippen molar-refractivity contribution in [2.24, 2.45) is 16.6 Å². The fraction of sp³-hybridized carbons (Fsp3) is 0.500. The molecule has 2 aromatic heterocycles. The number of fused-ring (bicyclic) bond motifs is 1. The Morgan fingerprint density at radius 2 is 2.12 bits per heavy atom. The molecular formula is C14H17ClF3IN6. The molecule has 0 amide bonds. The lowest BCUT2D eigenvalue weighted by Gasteiger charge is -2.25. The number of aromatic nitrogens is 3. The molecule has 0 saturated heterocycles. The number of hydrogen-bond donors (Lipinski definition) is 2. The van der Waals surface area contributed by atoms with Crippen molar-refractivity contribution in [1.29, 1.82) is 0 Å². The van der Waals surface area contributed by atoms with Gasteiger partial charge in [0.1, 0.15) is 6.54 Å². The first-order chi connectivity index (χ1) is 11.3. The third-order valence-corrected chi connectivity index (χ3v) is 4.32. The number of guanidine groups is 1. The summed E-state index contributed by atoms with van der Waals surface area (Å²) in [4.78, 5) is 4.10. The van der Waals surface area contributed by atoms with E-state index in [0.717, 1.165) is 18.8 Å². The summed E-state index contributed by atoms with van der Waals surface area (Å²) in [6.45, 7) is 0.752. The van der Waals surface area contributed by atoms with Crippen LogP contribution in [0.1, 0.15) is 30.7 Å². The Morgan fingerprint density at radius 3 is 2.72 bits per heavy atom. The maximum Gasteiger partial charge on any atom is 0.417 e. The standard InChI is InChI=1S/C14H16ClF3N6.HI/c15-10-4-9(14(16,17)18)7-24-11(22-23-12(10)24)6-21-13(19)20-5-8-2-1-3-8;/h4,7-8H,1-3,5-6H2,(H3,19,20,21);1H. The Bertz CT molecular complexity index is 772. The molecule has 0 bridgehead atoms. The van der Waals surface area contributed by atoms with Gasteiger partial charge >= 0.3 is 6.18 Å². The van der Waals surface area contributed by atoms with Gasteiger partial charge in [0, 0.05) is 12.7 Å². The molecule has 1 saturated carbocycles. The van der Waals surface area contributed by atoms with E-state index < -0.39 is 11.7 Å². The predicted molar refractivity (Wildman–Crippen MR) is 99.1 cm³/mol. The molecule has 25 heavy (non-hydrogen) atoms. The van der Waals surface area contributed by atoms with Crippen LogP contribution < -0.4 is 11.1 Å². The molecule has 3 rings (SSSR count). The highest BCUT2D eigenvalue weighted by atomic mass is 127. The summed E-state index contributed by atoms with van der Waals surface area (Å²) >= 11 is 5.86. The minimum absolute atomic E-state index is 0. The summed E-state index contributed by atoms with van der Waals surface area (Å²) in [6, 6.07) is 0.827. The molecule has 0 spiro atoms. The highest BCUT2D eigenvalue weighted by Gasteiger charge is 2.32. The molecule has 1 fully saturated rings. The number of rotatable bonds is 4. The number of nitrogens with one attached hydrogen (secondary N) is 1. The SMILES string of the molecule is I.NC(=NCc1nnc2c(Cl)cc(C(F)(F)F)cn12)NCC1CCC1. The molecule has 0 atom stereocenters. The van der Waals surface area contributed by atoms with Crippen molar-refractivity contribution in [3.63, 3.8) is 0 Å². The van der Waals surface area contributed by atoms with Crippen molar-refractivity contribution in [2.45, 2.75) is 32.0 Å². The lowest BCUT2D eigenvalue weighted by molar-refractivity contribution is -0.137. The summed E-state index contributed by atoms with van der Waals surface area (Å²) in [5.41, 5.74) is 5.04. The van der Waals surface area contributed by atoms with E-state index in [1.807, 2.05) is 0 Å². The van der Waals surface area contributed by atoms with Gasteiger partial charge in [0.25, 0.3) is 0 Å². The fourth-order valence-electron chi connectivity index (χ4n) is 2.42. The van der Waals surface area contributed by atoms with Crippen molar-refractivity contribution in [2.75, 3.05) is 6.54 Å². The minimum atomic E-state index is -4.51.